The van der Waals surface area contributed by atoms with Crippen LogP contribution >= 0.6 is 0 Å². The van der Waals surface area contributed by atoms with Gasteiger partial charge in [0.05, 0.1) is 0 Å². The second-order valence-corrected chi connectivity index (χ2v) is 6.38. The van der Waals surface area contributed by atoms with Gasteiger partial charge in [-0.15, -0.1) is 0 Å². The summed E-state index contributed by atoms with van der Waals surface area (Å²) in [5, 5.41) is 12.7. The molecule has 2 rings (SSSR count). The molecular formula is C15H23F3N4O2. The number of carbonyl (C=O) groups is 1. The average molecular weight is 348 g/mol. The molecule has 136 valence electrons. The highest BCUT2D eigenvalue weighted by Gasteiger charge is 2.57. The van der Waals surface area contributed by atoms with Crippen LogP contribution < -0.4 is 11.1 Å². The monoisotopic (exact) mass is 348 g/mol. The van der Waals surface area contributed by atoms with Crippen LogP contribution in [-0.2, 0) is 17.4 Å². The summed E-state index contributed by atoms with van der Waals surface area (Å²) >= 11 is 0. The van der Waals surface area contributed by atoms with Crippen molar-refractivity contribution in [3.63, 3.8) is 0 Å². The fourth-order valence-electron chi connectivity index (χ4n) is 3.12. The summed E-state index contributed by atoms with van der Waals surface area (Å²) in [6, 6.07) is -0.0471. The molecule has 0 radical (unpaired) electrons. The van der Waals surface area contributed by atoms with E-state index in [0.717, 1.165) is 17.4 Å². The molecule has 24 heavy (non-hydrogen) atoms. The van der Waals surface area contributed by atoms with Crippen molar-refractivity contribution >= 4 is 5.91 Å². The third-order valence-electron chi connectivity index (χ3n) is 4.53. The fraction of sp³-hybridized carbons (Fsp3) is 0.733. The molecule has 1 aromatic heterocycles. The summed E-state index contributed by atoms with van der Waals surface area (Å²) in [6.45, 7) is -0.298. The molecule has 3 atom stereocenters. The maximum Gasteiger partial charge on any atom is 0.424 e. The zero-order chi connectivity index (χ0) is 18.0. The van der Waals surface area contributed by atoms with Crippen LogP contribution in [-0.4, -0.2) is 39.3 Å². The van der Waals surface area contributed by atoms with Gasteiger partial charge in [0.2, 0.25) is 11.5 Å². The molecule has 1 aromatic rings. The van der Waals surface area contributed by atoms with E-state index in [1.54, 1.807) is 0 Å². The molecule has 9 heteroatoms. The predicted octanol–water partition coefficient (Wildman–Crippen LogP) is 1.19. The van der Waals surface area contributed by atoms with Crippen molar-refractivity contribution in [2.75, 3.05) is 6.54 Å². The highest BCUT2D eigenvalue weighted by atomic mass is 19.4. The maximum atomic E-state index is 13.3. The van der Waals surface area contributed by atoms with Crippen LogP contribution in [0.2, 0.25) is 0 Å². The Morgan fingerprint density at radius 3 is 2.75 bits per heavy atom. The molecule has 0 unspecified atom stereocenters. The predicted molar refractivity (Wildman–Crippen MR) is 80.7 cm³/mol. The van der Waals surface area contributed by atoms with Gasteiger partial charge in [-0.2, -0.15) is 13.2 Å². The standard InChI is InChI=1S/C15H23F3N4O2/c1-22-8-7-21-13(22)14(24,15(16,17)18)5-6-20-12(23)10-3-2-4-11(19)9-10/h7-8,10-11,24H,2-6,9,19H2,1H3,(H,20,23)/t10-,11-,14-/m1/s1. The lowest BCUT2D eigenvalue weighted by Crippen LogP contribution is -2.47. The highest BCUT2D eigenvalue weighted by Crippen LogP contribution is 2.40. The van der Waals surface area contributed by atoms with Gasteiger partial charge in [0.25, 0.3) is 0 Å². The number of nitrogens with zero attached hydrogens (tertiary/aromatic N) is 2. The summed E-state index contributed by atoms with van der Waals surface area (Å²) < 4.78 is 41.2. The van der Waals surface area contributed by atoms with Crippen molar-refractivity contribution in [2.24, 2.45) is 18.7 Å². The summed E-state index contributed by atoms with van der Waals surface area (Å²) in [4.78, 5) is 15.7. The lowest BCUT2D eigenvalue weighted by Gasteiger charge is -2.30. The van der Waals surface area contributed by atoms with E-state index < -0.39 is 24.0 Å². The van der Waals surface area contributed by atoms with E-state index >= 15 is 0 Å². The van der Waals surface area contributed by atoms with Crippen LogP contribution in [0.3, 0.4) is 0 Å². The van der Waals surface area contributed by atoms with Gasteiger partial charge in [-0.1, -0.05) is 6.42 Å². The van der Waals surface area contributed by atoms with E-state index in [1.807, 2.05) is 0 Å². The van der Waals surface area contributed by atoms with Crippen LogP contribution in [0.15, 0.2) is 12.4 Å². The normalized spacial score (nSPS) is 24.4. The van der Waals surface area contributed by atoms with Gasteiger partial charge in [0.1, 0.15) is 5.82 Å². The van der Waals surface area contributed by atoms with Gasteiger partial charge in [0, 0.05) is 44.4 Å². The third kappa shape index (κ3) is 3.89. The third-order valence-corrected chi connectivity index (χ3v) is 4.53. The molecule has 0 bridgehead atoms. The number of hydrogen-bond acceptors (Lipinski definition) is 4. The molecule has 0 spiro atoms. The number of nitrogens with one attached hydrogen (secondary N) is 1. The number of hydrogen-bond donors (Lipinski definition) is 3. The maximum absolute atomic E-state index is 13.3. The molecule has 1 aliphatic carbocycles. The van der Waals surface area contributed by atoms with Crippen LogP contribution in [0.5, 0.6) is 0 Å². The second-order valence-electron chi connectivity index (χ2n) is 6.38. The molecular weight excluding hydrogens is 325 g/mol. The van der Waals surface area contributed by atoms with Crippen LogP contribution in [0.4, 0.5) is 13.2 Å². The van der Waals surface area contributed by atoms with Gasteiger partial charge >= 0.3 is 6.18 Å². The lowest BCUT2D eigenvalue weighted by molar-refractivity contribution is -0.272. The molecule has 1 amide bonds. The Labute approximate surface area is 138 Å². The summed E-state index contributed by atoms with van der Waals surface area (Å²) in [6.07, 6.45) is -0.176. The van der Waals surface area contributed by atoms with Gasteiger partial charge in [-0.3, -0.25) is 4.79 Å². The SMILES string of the molecule is Cn1ccnc1[C@](O)(CCNC(=O)[C@@H]1CCC[C@@H](N)C1)C(F)(F)F. The minimum Gasteiger partial charge on any atom is -0.374 e. The van der Waals surface area contributed by atoms with Gasteiger partial charge in [-0.25, -0.2) is 4.98 Å². The number of rotatable bonds is 5. The Hall–Kier alpha value is -1.61. The van der Waals surface area contributed by atoms with Crippen molar-refractivity contribution in [3.8, 4) is 0 Å². The number of alkyl halides is 3. The zero-order valence-corrected chi connectivity index (χ0v) is 13.5. The van der Waals surface area contributed by atoms with Crippen molar-refractivity contribution in [1.29, 1.82) is 0 Å². The Balaban J connectivity index is 1.99. The molecule has 1 heterocycles. The van der Waals surface area contributed by atoms with E-state index in [-0.39, 0.29) is 24.4 Å². The first-order valence-electron chi connectivity index (χ1n) is 7.95. The van der Waals surface area contributed by atoms with E-state index in [4.69, 9.17) is 5.73 Å². The number of imidazole rings is 1. The number of nitrogens with two attached hydrogens (primary N) is 1. The molecule has 6 nitrogen and oxygen atoms in total. The van der Waals surface area contributed by atoms with Crippen molar-refractivity contribution in [1.82, 2.24) is 14.9 Å². The van der Waals surface area contributed by atoms with Gasteiger partial charge in [0.15, 0.2) is 0 Å². The van der Waals surface area contributed by atoms with E-state index in [2.05, 4.69) is 10.3 Å². The van der Waals surface area contributed by atoms with Crippen molar-refractivity contribution in [2.45, 2.75) is 49.9 Å². The van der Waals surface area contributed by atoms with Crippen molar-refractivity contribution in [3.05, 3.63) is 18.2 Å². The number of aryl methyl sites for hydroxylation is 1. The topological polar surface area (TPSA) is 93.2 Å². The first-order chi connectivity index (χ1) is 11.1. The minimum atomic E-state index is -4.90. The van der Waals surface area contributed by atoms with E-state index in [0.29, 0.717) is 12.8 Å². The molecule has 0 saturated heterocycles. The Morgan fingerprint density at radius 2 is 2.21 bits per heavy atom. The Kier molecular flexibility index (Phi) is 5.54. The highest BCUT2D eigenvalue weighted by molar-refractivity contribution is 5.78. The number of aliphatic hydroxyl groups is 1. The quantitative estimate of drug-likeness (QED) is 0.745. The van der Waals surface area contributed by atoms with Crippen LogP contribution in [0.1, 0.15) is 37.9 Å². The molecule has 4 N–H and O–H groups in total. The number of amides is 1. The van der Waals surface area contributed by atoms with Crippen molar-refractivity contribution < 1.29 is 23.1 Å². The van der Waals surface area contributed by atoms with Crippen LogP contribution in [0.25, 0.3) is 0 Å². The molecule has 1 aliphatic rings. The number of aromatic nitrogens is 2. The Bertz CT molecular complexity index is 575. The largest absolute Gasteiger partial charge is 0.424 e. The Morgan fingerprint density at radius 1 is 1.50 bits per heavy atom. The summed E-state index contributed by atoms with van der Waals surface area (Å²) in [7, 11) is 1.38. The van der Waals surface area contributed by atoms with Gasteiger partial charge < -0.3 is 20.7 Å². The fourth-order valence-corrected chi connectivity index (χ4v) is 3.12. The summed E-state index contributed by atoms with van der Waals surface area (Å²) in [5.74, 6) is -1.08. The number of carbonyl (C=O) groups excluding carboxylic acids is 1. The van der Waals surface area contributed by atoms with Crippen LogP contribution in [0, 0.1) is 5.92 Å². The molecule has 1 fully saturated rings. The lowest BCUT2D eigenvalue weighted by atomic mass is 9.85. The zero-order valence-electron chi connectivity index (χ0n) is 13.5. The molecule has 0 aromatic carbocycles. The first-order valence-corrected chi connectivity index (χ1v) is 7.95. The molecule has 1 saturated carbocycles. The first kappa shape index (κ1) is 18.7. The smallest absolute Gasteiger partial charge is 0.374 e. The van der Waals surface area contributed by atoms with Gasteiger partial charge in [-0.05, 0) is 19.3 Å². The second kappa shape index (κ2) is 7.10. The van der Waals surface area contributed by atoms with E-state index in [1.165, 1.54) is 19.4 Å². The number of halogens is 3. The van der Waals surface area contributed by atoms with E-state index in [9.17, 15) is 23.1 Å². The average Bonchev–Trinajstić information content (AvgIpc) is 2.92. The minimum absolute atomic E-state index is 0.0471. The molecule has 0 aliphatic heterocycles. The summed E-state index contributed by atoms with van der Waals surface area (Å²) in [5.41, 5.74) is 2.71.